The molecule has 0 aliphatic rings. The Balaban J connectivity index is 2.36. The van der Waals surface area contributed by atoms with Crippen LogP contribution in [0.5, 0.6) is 0 Å². The quantitative estimate of drug-likeness (QED) is 0.873. The van der Waals surface area contributed by atoms with E-state index in [-0.39, 0.29) is 6.54 Å². The third kappa shape index (κ3) is 3.17. The van der Waals surface area contributed by atoms with Gasteiger partial charge < -0.3 is 5.73 Å². The van der Waals surface area contributed by atoms with Gasteiger partial charge in [-0.3, -0.25) is 4.98 Å². The number of hydrogen-bond acceptors (Lipinski definition) is 4. The van der Waals surface area contributed by atoms with Gasteiger partial charge in [0.2, 0.25) is 10.0 Å². The van der Waals surface area contributed by atoms with Crippen molar-refractivity contribution in [2.24, 2.45) is 0 Å². The summed E-state index contributed by atoms with van der Waals surface area (Å²) in [5.74, 6) is -2.19. The van der Waals surface area contributed by atoms with Crippen LogP contribution in [0.2, 0.25) is 0 Å². The lowest BCUT2D eigenvalue weighted by Crippen LogP contribution is -2.27. The first-order valence-electron chi connectivity index (χ1n) is 5.93. The lowest BCUT2D eigenvalue weighted by Gasteiger charge is -2.17. The Labute approximate surface area is 121 Å². The number of nitrogens with two attached hydrogens (primary N) is 1. The number of sulfonamides is 1. The van der Waals surface area contributed by atoms with Crippen LogP contribution in [0.3, 0.4) is 0 Å². The van der Waals surface area contributed by atoms with E-state index in [1.165, 1.54) is 13.2 Å². The largest absolute Gasteiger partial charge is 0.396 e. The molecule has 0 saturated carbocycles. The molecule has 2 N–H and O–H groups in total. The molecule has 112 valence electrons. The summed E-state index contributed by atoms with van der Waals surface area (Å²) in [7, 11) is -2.85. The van der Waals surface area contributed by atoms with E-state index in [1.807, 2.05) is 0 Å². The van der Waals surface area contributed by atoms with Crippen molar-refractivity contribution in [1.82, 2.24) is 9.29 Å². The smallest absolute Gasteiger partial charge is 0.246 e. The number of nitrogens with zero attached hydrogens (tertiary/aromatic N) is 2. The molecule has 0 fully saturated rings. The van der Waals surface area contributed by atoms with E-state index in [1.54, 1.807) is 18.2 Å². The van der Waals surface area contributed by atoms with Crippen LogP contribution in [-0.2, 0) is 16.6 Å². The van der Waals surface area contributed by atoms with Crippen LogP contribution >= 0.6 is 0 Å². The summed E-state index contributed by atoms with van der Waals surface area (Å²) in [5, 5.41) is 0. The van der Waals surface area contributed by atoms with Gasteiger partial charge in [0, 0.05) is 19.3 Å². The molecule has 5 nitrogen and oxygen atoms in total. The summed E-state index contributed by atoms with van der Waals surface area (Å²) in [6.07, 6.45) is 1.52. The molecule has 2 aromatic rings. The van der Waals surface area contributed by atoms with Gasteiger partial charge in [0.1, 0.15) is 16.5 Å². The highest BCUT2D eigenvalue weighted by Crippen LogP contribution is 2.24. The SMILES string of the molecule is CN(Cc1ccccn1)S(=O)(=O)c1cc(N)c(F)cc1F. The second-order valence-corrected chi connectivity index (χ2v) is 6.40. The second kappa shape index (κ2) is 5.74. The molecular formula is C13H13F2N3O2S. The molecule has 1 heterocycles. The predicted molar refractivity (Wildman–Crippen MR) is 73.7 cm³/mol. The molecule has 1 aromatic heterocycles. The maximum atomic E-state index is 13.7. The fraction of sp³-hybridized carbons (Fsp3) is 0.154. The number of hydrogen-bond donors (Lipinski definition) is 1. The molecule has 0 bridgehead atoms. The normalized spacial score (nSPS) is 11.8. The molecule has 0 amide bonds. The first-order chi connectivity index (χ1) is 9.82. The van der Waals surface area contributed by atoms with E-state index < -0.39 is 32.2 Å². The third-order valence-electron chi connectivity index (χ3n) is 2.85. The van der Waals surface area contributed by atoms with Crippen LogP contribution in [0.25, 0.3) is 0 Å². The highest BCUT2D eigenvalue weighted by atomic mass is 32.2. The van der Waals surface area contributed by atoms with Gasteiger partial charge in [-0.25, -0.2) is 17.2 Å². The number of rotatable bonds is 4. The number of anilines is 1. The summed E-state index contributed by atoms with van der Waals surface area (Å²) >= 11 is 0. The van der Waals surface area contributed by atoms with E-state index in [0.717, 1.165) is 10.4 Å². The molecule has 1 aromatic carbocycles. The second-order valence-electron chi connectivity index (χ2n) is 4.39. The zero-order valence-corrected chi connectivity index (χ0v) is 11.9. The highest BCUT2D eigenvalue weighted by molar-refractivity contribution is 7.89. The van der Waals surface area contributed by atoms with Crippen molar-refractivity contribution in [1.29, 1.82) is 0 Å². The summed E-state index contributed by atoms with van der Waals surface area (Å²) in [5.41, 5.74) is 5.37. The molecule has 0 saturated heterocycles. The van der Waals surface area contributed by atoms with Gasteiger partial charge >= 0.3 is 0 Å². The maximum Gasteiger partial charge on any atom is 0.246 e. The first-order valence-corrected chi connectivity index (χ1v) is 7.37. The Morgan fingerprint density at radius 1 is 1.24 bits per heavy atom. The zero-order valence-electron chi connectivity index (χ0n) is 11.1. The summed E-state index contributed by atoms with van der Waals surface area (Å²) in [4.78, 5) is 3.33. The van der Waals surface area contributed by atoms with Crippen LogP contribution in [0.4, 0.5) is 14.5 Å². The van der Waals surface area contributed by atoms with Crippen molar-refractivity contribution >= 4 is 15.7 Å². The predicted octanol–water partition coefficient (Wildman–Crippen LogP) is 1.76. The number of benzene rings is 1. The first kappa shape index (κ1) is 15.3. The van der Waals surface area contributed by atoms with Gasteiger partial charge in [-0.2, -0.15) is 4.31 Å². The van der Waals surface area contributed by atoms with E-state index in [0.29, 0.717) is 11.8 Å². The van der Waals surface area contributed by atoms with Crippen LogP contribution in [0.1, 0.15) is 5.69 Å². The molecule has 0 radical (unpaired) electrons. The van der Waals surface area contributed by atoms with Crippen LogP contribution in [0, 0.1) is 11.6 Å². The molecular weight excluding hydrogens is 300 g/mol. The van der Waals surface area contributed by atoms with Crippen molar-refractivity contribution in [3.8, 4) is 0 Å². The van der Waals surface area contributed by atoms with Crippen molar-refractivity contribution in [2.45, 2.75) is 11.4 Å². The molecule has 8 heteroatoms. The summed E-state index contributed by atoms with van der Waals surface area (Å²) < 4.78 is 52.3. The van der Waals surface area contributed by atoms with Gasteiger partial charge in [0.25, 0.3) is 0 Å². The Hall–Kier alpha value is -2.06. The van der Waals surface area contributed by atoms with Gasteiger partial charge in [0.15, 0.2) is 0 Å². The average molecular weight is 313 g/mol. The van der Waals surface area contributed by atoms with Gasteiger partial charge in [-0.15, -0.1) is 0 Å². The minimum absolute atomic E-state index is 0.0418. The molecule has 0 unspecified atom stereocenters. The number of halogens is 2. The van der Waals surface area contributed by atoms with Crippen molar-refractivity contribution in [3.05, 3.63) is 53.9 Å². The molecule has 21 heavy (non-hydrogen) atoms. The zero-order chi connectivity index (χ0) is 15.6. The minimum atomic E-state index is -4.14. The van der Waals surface area contributed by atoms with Crippen molar-refractivity contribution < 1.29 is 17.2 Å². The van der Waals surface area contributed by atoms with E-state index >= 15 is 0 Å². The fourth-order valence-corrected chi connectivity index (χ4v) is 2.93. The standard InChI is InChI=1S/C13H13F2N3O2S/c1-18(8-9-4-2-3-5-17-9)21(19,20)13-7-12(16)10(14)6-11(13)15/h2-7H,8,16H2,1H3. The molecule has 0 aliphatic carbocycles. The van der Waals surface area contributed by atoms with Gasteiger partial charge in [0.05, 0.1) is 17.9 Å². The molecule has 0 spiro atoms. The summed E-state index contributed by atoms with van der Waals surface area (Å²) in [6.45, 7) is -0.0418. The Morgan fingerprint density at radius 2 is 1.95 bits per heavy atom. The molecule has 0 aliphatic heterocycles. The number of pyridine rings is 1. The molecule has 2 rings (SSSR count). The third-order valence-corrected chi connectivity index (χ3v) is 4.67. The van der Waals surface area contributed by atoms with Crippen LogP contribution in [-0.4, -0.2) is 24.8 Å². The Morgan fingerprint density at radius 3 is 2.57 bits per heavy atom. The van der Waals surface area contributed by atoms with E-state index in [4.69, 9.17) is 5.73 Å². The van der Waals surface area contributed by atoms with Crippen LogP contribution in [0.15, 0.2) is 41.4 Å². The van der Waals surface area contributed by atoms with Crippen molar-refractivity contribution in [2.75, 3.05) is 12.8 Å². The maximum absolute atomic E-state index is 13.7. The number of aromatic nitrogens is 1. The summed E-state index contributed by atoms with van der Waals surface area (Å²) in [6, 6.07) is 6.27. The van der Waals surface area contributed by atoms with E-state index in [2.05, 4.69) is 4.98 Å². The minimum Gasteiger partial charge on any atom is -0.396 e. The number of nitrogen functional groups attached to an aromatic ring is 1. The monoisotopic (exact) mass is 313 g/mol. The lowest BCUT2D eigenvalue weighted by atomic mass is 10.3. The Bertz CT molecular complexity index is 752. The van der Waals surface area contributed by atoms with Gasteiger partial charge in [-0.05, 0) is 18.2 Å². The molecule has 0 atom stereocenters. The van der Waals surface area contributed by atoms with Crippen molar-refractivity contribution in [3.63, 3.8) is 0 Å². The topological polar surface area (TPSA) is 76.3 Å². The van der Waals surface area contributed by atoms with E-state index in [9.17, 15) is 17.2 Å². The van der Waals surface area contributed by atoms with Gasteiger partial charge in [-0.1, -0.05) is 6.07 Å². The lowest BCUT2D eigenvalue weighted by molar-refractivity contribution is 0.455. The average Bonchev–Trinajstić information content (AvgIpc) is 2.43. The fourth-order valence-electron chi connectivity index (χ4n) is 1.72. The highest BCUT2D eigenvalue weighted by Gasteiger charge is 2.26. The van der Waals surface area contributed by atoms with Crippen LogP contribution < -0.4 is 5.73 Å². The Kier molecular flexibility index (Phi) is 4.19.